The Kier molecular flexibility index (Phi) is 1.91. The summed E-state index contributed by atoms with van der Waals surface area (Å²) in [6.45, 7) is 1.91. The molecular weight excluding hydrogens is 240 g/mol. The summed E-state index contributed by atoms with van der Waals surface area (Å²) in [5, 5.41) is 8.15. The van der Waals surface area contributed by atoms with Crippen LogP contribution in [0.25, 0.3) is 10.8 Å². The van der Waals surface area contributed by atoms with Gasteiger partial charge in [-0.15, -0.1) is 0 Å². The molecule has 1 saturated heterocycles. The van der Waals surface area contributed by atoms with E-state index in [4.69, 9.17) is 4.74 Å². The Hall–Kier alpha value is -2.23. The molecule has 2 aromatic carbocycles. The molecule has 2 amide bonds. The van der Waals surface area contributed by atoms with Gasteiger partial charge in [0, 0.05) is 12.0 Å². The number of fused-ring (bicyclic) bond motifs is 6. The van der Waals surface area contributed by atoms with E-state index in [2.05, 4.69) is 28.8 Å². The van der Waals surface area contributed by atoms with Crippen LogP contribution in [-0.2, 0) is 0 Å². The van der Waals surface area contributed by atoms with Crippen LogP contribution < -0.4 is 15.4 Å². The Balaban J connectivity index is 1.99. The summed E-state index contributed by atoms with van der Waals surface area (Å²) in [5.74, 6) is 0.852. The molecule has 0 spiro atoms. The summed E-state index contributed by atoms with van der Waals surface area (Å²) in [6, 6.07) is 12.1. The second-order valence-electron chi connectivity index (χ2n) is 5.39. The zero-order chi connectivity index (χ0) is 13.0. The molecule has 2 atom stereocenters. The summed E-state index contributed by atoms with van der Waals surface area (Å²) in [4.78, 5) is 11.7. The lowest BCUT2D eigenvalue weighted by Crippen LogP contribution is -2.62. The number of hydrogen-bond acceptors (Lipinski definition) is 2. The van der Waals surface area contributed by atoms with E-state index in [9.17, 15) is 4.79 Å². The van der Waals surface area contributed by atoms with Crippen molar-refractivity contribution in [2.24, 2.45) is 0 Å². The Morgan fingerprint density at radius 2 is 2.11 bits per heavy atom. The van der Waals surface area contributed by atoms with Gasteiger partial charge in [-0.1, -0.05) is 30.3 Å². The number of amides is 2. The summed E-state index contributed by atoms with van der Waals surface area (Å²) in [6.07, 6.45) is 0.736. The van der Waals surface area contributed by atoms with Crippen LogP contribution in [0.15, 0.2) is 36.4 Å². The lowest BCUT2D eigenvalue weighted by Gasteiger charge is -2.44. The Morgan fingerprint density at radius 1 is 1.26 bits per heavy atom. The van der Waals surface area contributed by atoms with Gasteiger partial charge < -0.3 is 15.4 Å². The van der Waals surface area contributed by atoms with Crippen LogP contribution in [0.1, 0.15) is 24.9 Å². The van der Waals surface area contributed by atoms with E-state index in [0.29, 0.717) is 0 Å². The molecule has 2 bridgehead atoms. The van der Waals surface area contributed by atoms with Gasteiger partial charge in [0.15, 0.2) is 5.72 Å². The molecule has 4 heteroatoms. The van der Waals surface area contributed by atoms with Gasteiger partial charge in [-0.3, -0.25) is 0 Å². The maximum Gasteiger partial charge on any atom is 0.318 e. The first-order chi connectivity index (χ1) is 9.15. The number of benzene rings is 2. The topological polar surface area (TPSA) is 50.4 Å². The second kappa shape index (κ2) is 3.41. The van der Waals surface area contributed by atoms with Crippen molar-refractivity contribution in [1.82, 2.24) is 10.6 Å². The third kappa shape index (κ3) is 1.49. The van der Waals surface area contributed by atoms with Gasteiger partial charge in [-0.25, -0.2) is 4.79 Å². The number of carbonyl (C=O) groups excluding carboxylic acids is 1. The molecule has 0 radical (unpaired) electrons. The highest BCUT2D eigenvalue weighted by molar-refractivity contribution is 5.89. The minimum atomic E-state index is -0.609. The van der Waals surface area contributed by atoms with E-state index in [0.717, 1.165) is 23.1 Å². The predicted octanol–water partition coefficient (Wildman–Crippen LogP) is 2.69. The average molecular weight is 254 g/mol. The molecule has 0 aliphatic carbocycles. The van der Waals surface area contributed by atoms with E-state index < -0.39 is 5.72 Å². The molecular formula is C15H14N2O2. The van der Waals surface area contributed by atoms with Crippen molar-refractivity contribution < 1.29 is 9.53 Å². The van der Waals surface area contributed by atoms with Gasteiger partial charge in [-0.2, -0.15) is 0 Å². The van der Waals surface area contributed by atoms with E-state index in [1.807, 2.05) is 25.1 Å². The number of ether oxygens (including phenoxy) is 1. The van der Waals surface area contributed by atoms with Crippen molar-refractivity contribution in [3.05, 3.63) is 42.0 Å². The largest absolute Gasteiger partial charge is 0.468 e. The van der Waals surface area contributed by atoms with Gasteiger partial charge in [-0.05, 0) is 23.8 Å². The maximum atomic E-state index is 11.7. The molecule has 4 rings (SSSR count). The van der Waals surface area contributed by atoms with E-state index in [1.54, 1.807) is 0 Å². The van der Waals surface area contributed by atoms with Crippen molar-refractivity contribution in [2.75, 3.05) is 0 Å². The molecule has 19 heavy (non-hydrogen) atoms. The lowest BCUT2D eigenvalue weighted by atomic mass is 9.88. The van der Waals surface area contributed by atoms with E-state index in [1.165, 1.54) is 5.39 Å². The van der Waals surface area contributed by atoms with Crippen molar-refractivity contribution in [3.8, 4) is 5.75 Å². The van der Waals surface area contributed by atoms with Crippen LogP contribution in [0.4, 0.5) is 4.79 Å². The monoisotopic (exact) mass is 254 g/mol. The van der Waals surface area contributed by atoms with Crippen molar-refractivity contribution in [1.29, 1.82) is 0 Å². The van der Waals surface area contributed by atoms with Crippen LogP contribution in [0.3, 0.4) is 0 Å². The first kappa shape index (κ1) is 10.7. The normalized spacial score (nSPS) is 28.1. The highest BCUT2D eigenvalue weighted by Gasteiger charge is 2.43. The molecule has 2 aliphatic heterocycles. The number of rotatable bonds is 0. The minimum Gasteiger partial charge on any atom is -0.468 e. The fourth-order valence-corrected chi connectivity index (χ4v) is 3.13. The smallest absolute Gasteiger partial charge is 0.318 e. The molecule has 2 aliphatic rings. The third-order valence-electron chi connectivity index (χ3n) is 3.89. The van der Waals surface area contributed by atoms with Gasteiger partial charge in [0.05, 0.1) is 6.04 Å². The maximum absolute atomic E-state index is 11.7. The molecule has 0 unspecified atom stereocenters. The number of nitrogens with one attached hydrogen (secondary N) is 2. The van der Waals surface area contributed by atoms with Crippen LogP contribution in [-0.4, -0.2) is 11.8 Å². The van der Waals surface area contributed by atoms with Crippen LogP contribution in [0, 0.1) is 0 Å². The second-order valence-corrected chi connectivity index (χ2v) is 5.39. The summed E-state index contributed by atoms with van der Waals surface area (Å²) < 4.78 is 6.00. The summed E-state index contributed by atoms with van der Waals surface area (Å²) in [7, 11) is 0. The highest BCUT2D eigenvalue weighted by atomic mass is 16.5. The number of carbonyl (C=O) groups is 1. The molecule has 0 saturated carbocycles. The summed E-state index contributed by atoms with van der Waals surface area (Å²) in [5.41, 5.74) is 0.480. The van der Waals surface area contributed by atoms with Crippen molar-refractivity contribution >= 4 is 16.8 Å². The average Bonchev–Trinajstić information content (AvgIpc) is 2.36. The molecule has 2 heterocycles. The van der Waals surface area contributed by atoms with Crippen LogP contribution in [0.2, 0.25) is 0 Å². The SMILES string of the molecule is C[C@]12C[C@@H](NC(=O)N1)c1c(ccc3ccccc13)O2. The molecule has 4 nitrogen and oxygen atoms in total. The molecule has 1 fully saturated rings. The minimum absolute atomic E-state index is 0.00796. The zero-order valence-corrected chi connectivity index (χ0v) is 10.6. The Morgan fingerprint density at radius 3 is 3.00 bits per heavy atom. The standard InChI is InChI=1S/C15H14N2O2/c1-15-8-11(16-14(18)17-15)13-10-5-3-2-4-9(10)6-7-12(13)19-15/h2-7,11H,8H2,1H3,(H2,16,17,18)/t11-,15+/m1/s1. The lowest BCUT2D eigenvalue weighted by molar-refractivity contribution is 0.0125. The number of hydrogen-bond donors (Lipinski definition) is 2. The van der Waals surface area contributed by atoms with Crippen LogP contribution in [0.5, 0.6) is 5.75 Å². The third-order valence-corrected chi connectivity index (χ3v) is 3.89. The molecule has 0 aromatic heterocycles. The fraction of sp³-hybridized carbons (Fsp3) is 0.267. The van der Waals surface area contributed by atoms with Gasteiger partial charge in [0.1, 0.15) is 5.75 Å². The fourth-order valence-electron chi connectivity index (χ4n) is 3.13. The van der Waals surface area contributed by atoms with Crippen LogP contribution >= 0.6 is 0 Å². The van der Waals surface area contributed by atoms with Crippen molar-refractivity contribution in [3.63, 3.8) is 0 Å². The molecule has 2 aromatic rings. The Bertz CT molecular complexity index is 698. The van der Waals surface area contributed by atoms with Gasteiger partial charge in [0.25, 0.3) is 0 Å². The summed E-state index contributed by atoms with van der Waals surface area (Å²) >= 11 is 0. The molecule has 96 valence electrons. The predicted molar refractivity (Wildman–Crippen MR) is 72.0 cm³/mol. The first-order valence-corrected chi connectivity index (χ1v) is 6.44. The number of urea groups is 1. The van der Waals surface area contributed by atoms with Gasteiger partial charge in [0.2, 0.25) is 0 Å². The molecule has 2 N–H and O–H groups in total. The van der Waals surface area contributed by atoms with E-state index in [-0.39, 0.29) is 12.1 Å². The quantitative estimate of drug-likeness (QED) is 0.759. The van der Waals surface area contributed by atoms with Crippen molar-refractivity contribution in [2.45, 2.75) is 25.1 Å². The first-order valence-electron chi connectivity index (χ1n) is 6.44. The Labute approximate surface area is 110 Å². The van der Waals surface area contributed by atoms with Gasteiger partial charge >= 0.3 is 6.03 Å². The van der Waals surface area contributed by atoms with E-state index >= 15 is 0 Å². The highest BCUT2D eigenvalue weighted by Crippen LogP contribution is 2.43. The zero-order valence-electron chi connectivity index (χ0n) is 10.6.